The molecule has 36 heavy (non-hydrogen) atoms. The Kier molecular flexibility index (Phi) is 8.62. The molecule has 0 saturated heterocycles. The minimum absolute atomic E-state index is 0. The molecule has 2 heterocycles. The van der Waals surface area contributed by atoms with E-state index in [-0.39, 0.29) is 25.2 Å². The number of amides is 1. The Balaban J connectivity index is 0.00000361. The average molecular weight is 519 g/mol. The fourth-order valence-electron chi connectivity index (χ4n) is 3.50. The van der Waals surface area contributed by atoms with Gasteiger partial charge in [0.1, 0.15) is 17.4 Å². The molecular weight excluding hydrogens is 483 g/mol. The summed E-state index contributed by atoms with van der Waals surface area (Å²) in [6.45, 7) is 10.9. The van der Waals surface area contributed by atoms with E-state index in [0.717, 1.165) is 0 Å². The molecule has 3 rings (SSSR count). The first kappa shape index (κ1) is 27.1. The number of carbonyl (C=O) groups is 1. The van der Waals surface area contributed by atoms with Crippen LogP contribution in [0.1, 0.15) is 46.6 Å². The van der Waals surface area contributed by atoms with Crippen LogP contribution in [0.3, 0.4) is 0 Å². The lowest BCUT2D eigenvalue weighted by Gasteiger charge is -2.23. The first-order valence-electron chi connectivity index (χ1n) is 11.7. The highest BCUT2D eigenvalue weighted by Crippen LogP contribution is 2.28. The number of sulfonamides is 1. The maximum atomic E-state index is 14.4. The standard InChI is InChI=1S/C26H31FN4O4S.2H2/c1-6-31(7-2)25-22(26(32)30-36(33,34)24-10-8-9-18(5)28-24)11-12-23(29-25)19-13-20(27)15-21(14-19)35-16-17(3)4;;/h8-15,17H,6-7,16H2,1-5H3,(H,30,32);2*1H. The third-order valence-electron chi connectivity index (χ3n) is 5.30. The van der Waals surface area contributed by atoms with E-state index in [9.17, 15) is 17.6 Å². The van der Waals surface area contributed by atoms with Crippen molar-refractivity contribution in [1.82, 2.24) is 14.7 Å². The number of benzene rings is 1. The molecular formula is C26H35FN4O4S. The maximum Gasteiger partial charge on any atom is 0.281 e. The number of carbonyl (C=O) groups excluding carboxylic acids is 1. The largest absolute Gasteiger partial charge is 0.493 e. The van der Waals surface area contributed by atoms with Crippen molar-refractivity contribution in [2.24, 2.45) is 5.92 Å². The first-order valence-corrected chi connectivity index (χ1v) is 13.2. The van der Waals surface area contributed by atoms with E-state index >= 15 is 0 Å². The number of aromatic nitrogens is 2. The van der Waals surface area contributed by atoms with Crippen LogP contribution in [-0.4, -0.2) is 44.0 Å². The lowest BCUT2D eigenvalue weighted by Crippen LogP contribution is -2.34. The van der Waals surface area contributed by atoms with Crippen molar-refractivity contribution in [3.63, 3.8) is 0 Å². The zero-order chi connectivity index (χ0) is 26.5. The van der Waals surface area contributed by atoms with Crippen LogP contribution >= 0.6 is 0 Å². The molecule has 1 amide bonds. The Bertz CT molecular complexity index is 1350. The number of nitrogens with zero attached hydrogens (tertiary/aromatic N) is 3. The van der Waals surface area contributed by atoms with E-state index in [4.69, 9.17) is 4.74 Å². The molecule has 0 spiro atoms. The van der Waals surface area contributed by atoms with Crippen molar-refractivity contribution in [3.05, 3.63) is 65.6 Å². The van der Waals surface area contributed by atoms with Crippen molar-refractivity contribution in [2.75, 3.05) is 24.6 Å². The Morgan fingerprint density at radius 1 is 1.11 bits per heavy atom. The van der Waals surface area contributed by atoms with Crippen LogP contribution in [0.5, 0.6) is 5.75 Å². The molecule has 8 nitrogen and oxygen atoms in total. The topological polar surface area (TPSA) is 101 Å². The summed E-state index contributed by atoms with van der Waals surface area (Å²) in [4.78, 5) is 23.6. The van der Waals surface area contributed by atoms with Crippen molar-refractivity contribution >= 4 is 21.7 Å². The molecule has 1 aromatic carbocycles. The van der Waals surface area contributed by atoms with Crippen LogP contribution in [0.25, 0.3) is 11.3 Å². The number of hydrogen-bond donors (Lipinski definition) is 1. The molecule has 0 unspecified atom stereocenters. The molecule has 0 radical (unpaired) electrons. The SMILES string of the molecule is CCN(CC)c1nc(-c2cc(F)cc(OCC(C)C)c2)ccc1C(=O)NS(=O)(=O)c1cccc(C)n1.[HH].[HH]. The van der Waals surface area contributed by atoms with Crippen molar-refractivity contribution in [3.8, 4) is 17.0 Å². The zero-order valence-electron chi connectivity index (χ0n) is 21.1. The molecule has 0 aliphatic heterocycles. The van der Waals surface area contributed by atoms with Crippen molar-refractivity contribution < 1.29 is 25.2 Å². The normalized spacial score (nSPS) is 11.4. The molecule has 0 atom stereocenters. The zero-order valence-corrected chi connectivity index (χ0v) is 21.9. The van der Waals surface area contributed by atoms with Crippen LogP contribution in [0, 0.1) is 18.7 Å². The molecule has 0 fully saturated rings. The van der Waals surface area contributed by atoms with Crippen LogP contribution in [-0.2, 0) is 10.0 Å². The van der Waals surface area contributed by atoms with Crippen LogP contribution < -0.4 is 14.4 Å². The van der Waals surface area contributed by atoms with Gasteiger partial charge in [0.25, 0.3) is 15.9 Å². The van der Waals surface area contributed by atoms with E-state index in [1.54, 1.807) is 31.2 Å². The summed E-state index contributed by atoms with van der Waals surface area (Å²) < 4.78 is 47.7. The minimum atomic E-state index is -4.20. The van der Waals surface area contributed by atoms with E-state index in [2.05, 4.69) is 14.7 Å². The molecule has 10 heteroatoms. The second-order valence-electron chi connectivity index (χ2n) is 8.67. The molecule has 0 bridgehead atoms. The molecule has 1 N–H and O–H groups in total. The maximum absolute atomic E-state index is 14.4. The fourth-order valence-corrected chi connectivity index (χ4v) is 4.48. The van der Waals surface area contributed by atoms with Gasteiger partial charge in [0.2, 0.25) is 0 Å². The lowest BCUT2D eigenvalue weighted by atomic mass is 10.1. The van der Waals surface area contributed by atoms with Crippen molar-refractivity contribution in [1.29, 1.82) is 0 Å². The van der Waals surface area contributed by atoms with Gasteiger partial charge in [-0.15, -0.1) is 0 Å². The highest BCUT2D eigenvalue weighted by molar-refractivity contribution is 7.90. The number of rotatable bonds is 10. The summed E-state index contributed by atoms with van der Waals surface area (Å²) in [6, 6.07) is 11.9. The van der Waals surface area contributed by atoms with Gasteiger partial charge in [0.05, 0.1) is 17.9 Å². The van der Waals surface area contributed by atoms with Crippen molar-refractivity contribution in [2.45, 2.75) is 39.6 Å². The lowest BCUT2D eigenvalue weighted by molar-refractivity contribution is 0.0981. The Labute approximate surface area is 214 Å². The second-order valence-corrected chi connectivity index (χ2v) is 10.3. The van der Waals surface area contributed by atoms with Gasteiger partial charge in [-0.05, 0) is 63.1 Å². The van der Waals surface area contributed by atoms with E-state index < -0.39 is 21.7 Å². The van der Waals surface area contributed by atoms with Gasteiger partial charge in [-0.3, -0.25) is 4.79 Å². The number of ether oxygens (including phenoxy) is 1. The number of pyridine rings is 2. The van der Waals surface area contributed by atoms with Gasteiger partial charge in [0.15, 0.2) is 5.03 Å². The Morgan fingerprint density at radius 2 is 1.83 bits per heavy atom. The molecule has 196 valence electrons. The quantitative estimate of drug-likeness (QED) is 0.399. The highest BCUT2D eigenvalue weighted by Gasteiger charge is 2.24. The third kappa shape index (κ3) is 6.57. The molecule has 3 aromatic rings. The smallest absolute Gasteiger partial charge is 0.281 e. The predicted octanol–water partition coefficient (Wildman–Crippen LogP) is 5.08. The summed E-state index contributed by atoms with van der Waals surface area (Å²) in [5.74, 6) is -0.372. The van der Waals surface area contributed by atoms with Gasteiger partial charge < -0.3 is 9.64 Å². The number of nitrogens with one attached hydrogen (secondary N) is 1. The van der Waals surface area contributed by atoms with Gasteiger partial charge in [-0.1, -0.05) is 19.9 Å². The minimum Gasteiger partial charge on any atom is -0.493 e. The van der Waals surface area contributed by atoms with Crippen LogP contribution in [0.2, 0.25) is 0 Å². The third-order valence-corrected chi connectivity index (χ3v) is 6.53. The summed E-state index contributed by atoms with van der Waals surface area (Å²) in [5, 5.41) is -0.251. The molecule has 0 aliphatic rings. The monoisotopic (exact) mass is 518 g/mol. The Morgan fingerprint density at radius 3 is 2.47 bits per heavy atom. The number of hydrogen-bond acceptors (Lipinski definition) is 7. The summed E-state index contributed by atoms with van der Waals surface area (Å²) >= 11 is 0. The van der Waals surface area contributed by atoms with Gasteiger partial charge >= 0.3 is 0 Å². The number of halogens is 1. The summed E-state index contributed by atoms with van der Waals surface area (Å²) in [5.41, 5.74) is 1.48. The molecule has 2 aromatic heterocycles. The van der Waals surface area contributed by atoms with E-state index in [1.165, 1.54) is 24.3 Å². The Hall–Kier alpha value is -3.53. The summed E-state index contributed by atoms with van der Waals surface area (Å²) in [7, 11) is -4.20. The molecule has 0 saturated carbocycles. The van der Waals surface area contributed by atoms with Crippen LogP contribution in [0.4, 0.5) is 10.2 Å². The van der Waals surface area contributed by atoms with Gasteiger partial charge in [-0.25, -0.2) is 19.1 Å². The predicted molar refractivity (Wildman–Crippen MR) is 141 cm³/mol. The van der Waals surface area contributed by atoms with Gasteiger partial charge in [0, 0.05) is 33.3 Å². The first-order chi connectivity index (χ1) is 17.0. The number of anilines is 1. The van der Waals surface area contributed by atoms with E-state index in [1.807, 2.05) is 32.6 Å². The van der Waals surface area contributed by atoms with E-state index in [0.29, 0.717) is 42.4 Å². The number of aryl methyl sites for hydroxylation is 1. The second kappa shape index (κ2) is 11.5. The average Bonchev–Trinajstić information content (AvgIpc) is 2.83. The van der Waals surface area contributed by atoms with Crippen LogP contribution in [0.15, 0.2) is 53.6 Å². The summed E-state index contributed by atoms with van der Waals surface area (Å²) in [6.07, 6.45) is 0. The van der Waals surface area contributed by atoms with Gasteiger partial charge in [-0.2, -0.15) is 8.42 Å². The fraction of sp³-hybridized carbons (Fsp3) is 0.346. The molecule has 0 aliphatic carbocycles. The highest BCUT2D eigenvalue weighted by atomic mass is 32.2.